The third-order valence-electron chi connectivity index (χ3n) is 2.35. The van der Waals surface area contributed by atoms with E-state index in [0.29, 0.717) is 12.2 Å². The van der Waals surface area contributed by atoms with Crippen LogP contribution in [0, 0.1) is 19.3 Å². The van der Waals surface area contributed by atoms with Crippen molar-refractivity contribution in [3.8, 4) is 12.3 Å². The van der Waals surface area contributed by atoms with Gasteiger partial charge in [0.1, 0.15) is 11.9 Å². The zero-order valence-electron chi connectivity index (χ0n) is 9.01. The molecule has 0 bridgehead atoms. The summed E-state index contributed by atoms with van der Waals surface area (Å²) in [5.41, 5.74) is 2.05. The second kappa shape index (κ2) is 4.30. The standard InChI is InChI=1S/C13H12N2O/c1-3-11(16)7-13-14-8-10-6-9(2)4-5-12(10)15-13/h1,4-6,8,11,16H,7H2,2H3. The van der Waals surface area contributed by atoms with Gasteiger partial charge in [-0.25, -0.2) is 9.97 Å². The summed E-state index contributed by atoms with van der Waals surface area (Å²) >= 11 is 0. The van der Waals surface area contributed by atoms with Crippen LogP contribution in [0.15, 0.2) is 24.4 Å². The Labute approximate surface area is 94.2 Å². The highest BCUT2D eigenvalue weighted by Crippen LogP contribution is 2.13. The van der Waals surface area contributed by atoms with Crippen LogP contribution >= 0.6 is 0 Å². The van der Waals surface area contributed by atoms with Crippen molar-refractivity contribution in [3.63, 3.8) is 0 Å². The van der Waals surface area contributed by atoms with Crippen LogP contribution in [0.2, 0.25) is 0 Å². The first-order valence-corrected chi connectivity index (χ1v) is 5.05. The molecule has 2 aromatic rings. The lowest BCUT2D eigenvalue weighted by molar-refractivity contribution is 0.231. The fourth-order valence-electron chi connectivity index (χ4n) is 1.52. The Morgan fingerprint density at radius 2 is 2.31 bits per heavy atom. The maximum atomic E-state index is 9.31. The molecule has 0 radical (unpaired) electrons. The number of rotatable bonds is 2. The van der Waals surface area contributed by atoms with Crippen LogP contribution in [-0.2, 0) is 6.42 Å². The molecular weight excluding hydrogens is 200 g/mol. The van der Waals surface area contributed by atoms with Crippen LogP contribution in [0.1, 0.15) is 11.4 Å². The van der Waals surface area contributed by atoms with Crippen LogP contribution < -0.4 is 0 Å². The SMILES string of the molecule is C#CC(O)Cc1ncc2cc(C)ccc2n1. The Morgan fingerprint density at radius 3 is 3.06 bits per heavy atom. The summed E-state index contributed by atoms with van der Waals surface area (Å²) < 4.78 is 0. The molecule has 0 spiro atoms. The highest BCUT2D eigenvalue weighted by Gasteiger charge is 2.05. The van der Waals surface area contributed by atoms with E-state index in [4.69, 9.17) is 6.42 Å². The van der Waals surface area contributed by atoms with E-state index in [0.717, 1.165) is 10.9 Å². The van der Waals surface area contributed by atoms with E-state index in [9.17, 15) is 5.11 Å². The van der Waals surface area contributed by atoms with Crippen molar-refractivity contribution in [1.82, 2.24) is 9.97 Å². The minimum absolute atomic E-state index is 0.292. The Hall–Kier alpha value is -1.92. The van der Waals surface area contributed by atoms with E-state index >= 15 is 0 Å². The van der Waals surface area contributed by atoms with Crippen molar-refractivity contribution in [2.24, 2.45) is 0 Å². The first-order chi connectivity index (χ1) is 7.69. The van der Waals surface area contributed by atoms with Gasteiger partial charge in [-0.15, -0.1) is 6.42 Å². The van der Waals surface area contributed by atoms with Crippen molar-refractivity contribution in [3.05, 3.63) is 35.8 Å². The second-order valence-corrected chi connectivity index (χ2v) is 3.74. The number of aliphatic hydroxyl groups excluding tert-OH is 1. The largest absolute Gasteiger partial charge is 0.380 e. The molecule has 1 aromatic heterocycles. The number of benzene rings is 1. The zero-order valence-corrected chi connectivity index (χ0v) is 9.01. The molecule has 3 heteroatoms. The van der Waals surface area contributed by atoms with Crippen LogP contribution in [-0.4, -0.2) is 21.2 Å². The number of terminal acetylenes is 1. The van der Waals surface area contributed by atoms with Gasteiger partial charge in [0.25, 0.3) is 0 Å². The Balaban J connectivity index is 2.38. The predicted molar refractivity (Wildman–Crippen MR) is 62.8 cm³/mol. The highest BCUT2D eigenvalue weighted by molar-refractivity contribution is 5.78. The Bertz CT molecular complexity index is 557. The molecule has 0 aliphatic heterocycles. The van der Waals surface area contributed by atoms with Gasteiger partial charge in [-0.1, -0.05) is 17.6 Å². The predicted octanol–water partition coefficient (Wildman–Crippen LogP) is 1.47. The van der Waals surface area contributed by atoms with Gasteiger partial charge in [0.05, 0.1) is 5.52 Å². The molecule has 0 amide bonds. The summed E-state index contributed by atoms with van der Waals surface area (Å²) in [7, 11) is 0. The topological polar surface area (TPSA) is 46.0 Å². The van der Waals surface area contributed by atoms with E-state index < -0.39 is 6.10 Å². The molecule has 2 rings (SSSR count). The number of aliphatic hydroxyl groups is 1. The van der Waals surface area contributed by atoms with Crippen LogP contribution in [0.3, 0.4) is 0 Å². The molecule has 3 nitrogen and oxygen atoms in total. The molecule has 0 aliphatic carbocycles. The van der Waals surface area contributed by atoms with Crippen LogP contribution in [0.5, 0.6) is 0 Å². The average molecular weight is 212 g/mol. The third-order valence-corrected chi connectivity index (χ3v) is 2.35. The molecule has 1 unspecified atom stereocenters. The van der Waals surface area contributed by atoms with E-state index in [-0.39, 0.29) is 0 Å². The first kappa shape index (κ1) is 10.6. The summed E-state index contributed by atoms with van der Waals surface area (Å²) in [6.45, 7) is 2.02. The van der Waals surface area contributed by atoms with E-state index in [1.807, 2.05) is 25.1 Å². The molecule has 0 aliphatic rings. The highest BCUT2D eigenvalue weighted by atomic mass is 16.3. The van der Waals surface area contributed by atoms with E-state index in [1.165, 1.54) is 5.56 Å². The van der Waals surface area contributed by atoms with Gasteiger partial charge >= 0.3 is 0 Å². The van der Waals surface area contributed by atoms with Crippen molar-refractivity contribution in [2.75, 3.05) is 0 Å². The number of hydrogen-bond acceptors (Lipinski definition) is 3. The summed E-state index contributed by atoms with van der Waals surface area (Å²) in [5, 5.41) is 10.3. The lowest BCUT2D eigenvalue weighted by Crippen LogP contribution is -2.09. The molecular formula is C13H12N2O. The van der Waals surface area contributed by atoms with Gasteiger partial charge in [0.2, 0.25) is 0 Å². The monoisotopic (exact) mass is 212 g/mol. The fraction of sp³-hybridized carbons (Fsp3) is 0.231. The fourth-order valence-corrected chi connectivity index (χ4v) is 1.52. The van der Waals surface area contributed by atoms with Gasteiger partial charge in [0.15, 0.2) is 0 Å². The van der Waals surface area contributed by atoms with Crippen molar-refractivity contribution < 1.29 is 5.11 Å². The van der Waals surface area contributed by atoms with Gasteiger partial charge in [0, 0.05) is 18.0 Å². The number of aromatic nitrogens is 2. The lowest BCUT2D eigenvalue weighted by Gasteiger charge is -2.04. The maximum absolute atomic E-state index is 9.31. The summed E-state index contributed by atoms with van der Waals surface area (Å²) in [6, 6.07) is 5.96. The first-order valence-electron chi connectivity index (χ1n) is 5.05. The molecule has 1 atom stereocenters. The average Bonchev–Trinajstić information content (AvgIpc) is 2.29. The molecule has 1 aromatic carbocycles. The normalized spacial score (nSPS) is 12.3. The van der Waals surface area contributed by atoms with Crippen LogP contribution in [0.4, 0.5) is 0 Å². The molecule has 0 fully saturated rings. The number of fused-ring (bicyclic) bond motifs is 1. The van der Waals surface area contributed by atoms with E-state index in [1.54, 1.807) is 6.20 Å². The van der Waals surface area contributed by atoms with Gasteiger partial charge < -0.3 is 5.11 Å². The molecule has 0 saturated carbocycles. The van der Waals surface area contributed by atoms with Crippen molar-refractivity contribution in [2.45, 2.75) is 19.4 Å². The molecule has 1 N–H and O–H groups in total. The summed E-state index contributed by atoms with van der Waals surface area (Å²) in [4.78, 5) is 8.51. The maximum Gasteiger partial charge on any atom is 0.132 e. The second-order valence-electron chi connectivity index (χ2n) is 3.74. The van der Waals surface area contributed by atoms with Gasteiger partial charge in [-0.05, 0) is 19.1 Å². The minimum atomic E-state index is -0.817. The van der Waals surface area contributed by atoms with Crippen molar-refractivity contribution in [1.29, 1.82) is 0 Å². The summed E-state index contributed by atoms with van der Waals surface area (Å²) in [5.74, 6) is 2.82. The minimum Gasteiger partial charge on any atom is -0.380 e. The zero-order chi connectivity index (χ0) is 11.5. The van der Waals surface area contributed by atoms with Gasteiger partial charge in [-0.3, -0.25) is 0 Å². The lowest BCUT2D eigenvalue weighted by atomic mass is 10.1. The number of aryl methyl sites for hydroxylation is 1. The summed E-state index contributed by atoms with van der Waals surface area (Å²) in [6.07, 6.45) is 6.33. The van der Waals surface area contributed by atoms with Crippen LogP contribution in [0.25, 0.3) is 10.9 Å². The number of nitrogens with zero attached hydrogens (tertiary/aromatic N) is 2. The smallest absolute Gasteiger partial charge is 0.132 e. The van der Waals surface area contributed by atoms with Crippen molar-refractivity contribution >= 4 is 10.9 Å². The molecule has 80 valence electrons. The van der Waals surface area contributed by atoms with Gasteiger partial charge in [-0.2, -0.15) is 0 Å². The molecule has 0 saturated heterocycles. The molecule has 1 heterocycles. The number of hydrogen-bond donors (Lipinski definition) is 1. The van der Waals surface area contributed by atoms with E-state index in [2.05, 4.69) is 15.9 Å². The molecule has 16 heavy (non-hydrogen) atoms. The Kier molecular flexibility index (Phi) is 2.84. The third kappa shape index (κ3) is 2.18. The Morgan fingerprint density at radius 1 is 1.50 bits per heavy atom. The quantitative estimate of drug-likeness (QED) is 0.767.